The first kappa shape index (κ1) is 13.0. The summed E-state index contributed by atoms with van der Waals surface area (Å²) in [5.41, 5.74) is 1.75. The highest BCUT2D eigenvalue weighted by Gasteiger charge is 2.01. The van der Waals surface area contributed by atoms with Crippen molar-refractivity contribution >= 4 is 11.9 Å². The van der Waals surface area contributed by atoms with Crippen LogP contribution in [0, 0.1) is 0 Å². The summed E-state index contributed by atoms with van der Waals surface area (Å²) >= 11 is 0. The van der Waals surface area contributed by atoms with Gasteiger partial charge in [-0.15, -0.1) is 0 Å². The quantitative estimate of drug-likeness (QED) is 0.599. The fraction of sp³-hybridized carbons (Fsp3) is 0.231. The van der Waals surface area contributed by atoms with Gasteiger partial charge in [0.05, 0.1) is 13.0 Å². The van der Waals surface area contributed by atoms with Gasteiger partial charge in [-0.1, -0.05) is 30.8 Å². The molecule has 17 heavy (non-hydrogen) atoms. The molecular weight excluding hydrogens is 220 g/mol. The van der Waals surface area contributed by atoms with Gasteiger partial charge in [-0.05, 0) is 11.1 Å². The Balaban J connectivity index is 2.42. The average molecular weight is 234 g/mol. The van der Waals surface area contributed by atoms with Crippen LogP contribution in [-0.4, -0.2) is 23.7 Å². The first-order valence-electron chi connectivity index (χ1n) is 5.20. The highest BCUT2D eigenvalue weighted by molar-refractivity contribution is 5.81. The van der Waals surface area contributed by atoms with Gasteiger partial charge in [0.2, 0.25) is 0 Å². The van der Waals surface area contributed by atoms with Crippen LogP contribution < -0.4 is 0 Å². The van der Waals surface area contributed by atoms with Crippen LogP contribution in [-0.2, 0) is 27.2 Å². The lowest BCUT2D eigenvalue weighted by Gasteiger charge is -2.03. The van der Waals surface area contributed by atoms with Gasteiger partial charge in [-0.25, -0.2) is 4.79 Å². The fourth-order valence-corrected chi connectivity index (χ4v) is 1.33. The van der Waals surface area contributed by atoms with Gasteiger partial charge < -0.3 is 9.84 Å². The van der Waals surface area contributed by atoms with Crippen LogP contribution in [0.3, 0.4) is 0 Å². The zero-order chi connectivity index (χ0) is 12.7. The molecule has 0 fully saturated rings. The van der Waals surface area contributed by atoms with Crippen molar-refractivity contribution in [1.82, 2.24) is 0 Å². The molecule has 0 heterocycles. The number of ether oxygens (including phenoxy) is 1. The largest absolute Gasteiger partial charge is 0.481 e. The number of carboxylic acids is 1. The number of carbonyl (C=O) groups excluding carboxylic acids is 1. The highest BCUT2D eigenvalue weighted by Crippen LogP contribution is 2.06. The molecule has 90 valence electrons. The molecule has 0 atom stereocenters. The minimum Gasteiger partial charge on any atom is -0.481 e. The molecule has 0 spiro atoms. The number of benzene rings is 1. The Kier molecular flexibility index (Phi) is 4.94. The molecule has 0 unspecified atom stereocenters. The van der Waals surface area contributed by atoms with E-state index in [0.717, 1.165) is 17.2 Å². The Hall–Kier alpha value is -2.10. The minimum atomic E-state index is -0.849. The molecule has 0 aliphatic carbocycles. The third-order valence-electron chi connectivity index (χ3n) is 2.18. The van der Waals surface area contributed by atoms with E-state index < -0.39 is 11.9 Å². The smallest absolute Gasteiger partial charge is 0.330 e. The van der Waals surface area contributed by atoms with Crippen LogP contribution in [0.4, 0.5) is 0 Å². The van der Waals surface area contributed by atoms with Crippen molar-refractivity contribution in [1.29, 1.82) is 0 Å². The van der Waals surface area contributed by atoms with Crippen molar-refractivity contribution in [2.45, 2.75) is 12.8 Å². The second kappa shape index (κ2) is 6.48. The van der Waals surface area contributed by atoms with Crippen LogP contribution in [0.25, 0.3) is 0 Å². The number of aliphatic carboxylic acids is 1. The van der Waals surface area contributed by atoms with Crippen molar-refractivity contribution in [3.05, 3.63) is 48.0 Å². The molecular formula is C13H14O4. The van der Waals surface area contributed by atoms with Crippen LogP contribution in [0.1, 0.15) is 11.1 Å². The predicted octanol–water partition coefficient (Wildman–Crippen LogP) is 1.59. The van der Waals surface area contributed by atoms with Crippen molar-refractivity contribution in [3.63, 3.8) is 0 Å². The van der Waals surface area contributed by atoms with E-state index in [-0.39, 0.29) is 6.42 Å². The second-order valence-electron chi connectivity index (χ2n) is 3.51. The topological polar surface area (TPSA) is 63.6 Å². The third kappa shape index (κ3) is 4.97. The van der Waals surface area contributed by atoms with Crippen molar-refractivity contribution in [2.75, 3.05) is 6.61 Å². The van der Waals surface area contributed by atoms with Gasteiger partial charge in [0.25, 0.3) is 0 Å². The van der Waals surface area contributed by atoms with Gasteiger partial charge >= 0.3 is 11.9 Å². The summed E-state index contributed by atoms with van der Waals surface area (Å²) in [6.45, 7) is 3.59. The highest BCUT2D eigenvalue weighted by atomic mass is 16.5. The molecule has 0 aromatic heterocycles. The van der Waals surface area contributed by atoms with E-state index in [1.165, 1.54) is 0 Å². The van der Waals surface area contributed by atoms with E-state index in [1.807, 2.05) is 12.1 Å². The Morgan fingerprint density at radius 1 is 1.24 bits per heavy atom. The summed E-state index contributed by atoms with van der Waals surface area (Å²) < 4.78 is 4.84. The summed E-state index contributed by atoms with van der Waals surface area (Å²) in [5, 5.41) is 8.60. The Morgan fingerprint density at radius 2 is 1.82 bits per heavy atom. The maximum absolute atomic E-state index is 10.8. The van der Waals surface area contributed by atoms with Crippen LogP contribution >= 0.6 is 0 Å². The van der Waals surface area contributed by atoms with Gasteiger partial charge in [-0.3, -0.25) is 4.79 Å². The molecule has 0 amide bonds. The number of hydrogen-bond acceptors (Lipinski definition) is 3. The maximum Gasteiger partial charge on any atom is 0.330 e. The lowest BCUT2D eigenvalue weighted by Crippen LogP contribution is -2.04. The number of hydrogen-bond donors (Lipinski definition) is 1. The second-order valence-corrected chi connectivity index (χ2v) is 3.51. The summed E-state index contributed by atoms with van der Waals surface area (Å²) in [4.78, 5) is 21.2. The zero-order valence-electron chi connectivity index (χ0n) is 9.39. The molecule has 4 heteroatoms. The van der Waals surface area contributed by atoms with Gasteiger partial charge in [0.1, 0.15) is 0 Å². The number of carboxylic acid groups (broad SMARTS) is 1. The van der Waals surface area contributed by atoms with E-state index in [0.29, 0.717) is 13.0 Å². The predicted molar refractivity (Wildman–Crippen MR) is 62.6 cm³/mol. The Morgan fingerprint density at radius 3 is 2.35 bits per heavy atom. The molecule has 1 aromatic carbocycles. The third-order valence-corrected chi connectivity index (χ3v) is 2.18. The normalized spacial score (nSPS) is 9.65. The van der Waals surface area contributed by atoms with E-state index in [1.54, 1.807) is 12.1 Å². The van der Waals surface area contributed by atoms with E-state index >= 15 is 0 Å². The first-order valence-corrected chi connectivity index (χ1v) is 5.20. The van der Waals surface area contributed by atoms with Crippen LogP contribution in [0.15, 0.2) is 36.9 Å². The molecule has 0 aliphatic rings. The van der Waals surface area contributed by atoms with Crippen molar-refractivity contribution in [3.8, 4) is 0 Å². The molecule has 0 radical (unpaired) electrons. The summed E-state index contributed by atoms with van der Waals surface area (Å²) in [7, 11) is 0. The first-order chi connectivity index (χ1) is 8.11. The molecule has 0 saturated heterocycles. The van der Waals surface area contributed by atoms with Crippen LogP contribution in [0.2, 0.25) is 0 Å². The average Bonchev–Trinajstić information content (AvgIpc) is 2.30. The van der Waals surface area contributed by atoms with Gasteiger partial charge in [0, 0.05) is 12.5 Å². The van der Waals surface area contributed by atoms with Crippen molar-refractivity contribution in [2.24, 2.45) is 0 Å². The van der Waals surface area contributed by atoms with Gasteiger partial charge in [-0.2, -0.15) is 0 Å². The molecule has 4 nitrogen and oxygen atoms in total. The van der Waals surface area contributed by atoms with E-state index in [4.69, 9.17) is 9.84 Å². The van der Waals surface area contributed by atoms with Gasteiger partial charge in [0.15, 0.2) is 0 Å². The lowest BCUT2D eigenvalue weighted by molar-refractivity contribution is -0.138. The van der Waals surface area contributed by atoms with Crippen LogP contribution in [0.5, 0.6) is 0 Å². The lowest BCUT2D eigenvalue weighted by atomic mass is 10.1. The summed E-state index contributed by atoms with van der Waals surface area (Å²) in [6.07, 6.45) is 1.74. The standard InChI is InChI=1S/C13H14O4/c1-2-13(16)17-8-7-10-3-5-11(6-4-10)9-12(14)15/h2-6H,1,7-9H2,(H,14,15). The number of rotatable bonds is 6. The molecule has 0 aliphatic heterocycles. The molecule has 1 N–H and O–H groups in total. The van der Waals surface area contributed by atoms with E-state index in [2.05, 4.69) is 6.58 Å². The zero-order valence-corrected chi connectivity index (χ0v) is 9.39. The summed E-state index contributed by atoms with van der Waals surface area (Å²) in [6, 6.07) is 7.19. The monoisotopic (exact) mass is 234 g/mol. The Bertz CT molecular complexity index is 406. The van der Waals surface area contributed by atoms with Crippen molar-refractivity contribution < 1.29 is 19.4 Å². The Labute approximate surface area is 99.5 Å². The number of esters is 1. The maximum atomic E-state index is 10.8. The molecule has 1 rings (SSSR count). The fourth-order valence-electron chi connectivity index (χ4n) is 1.33. The molecule has 0 saturated carbocycles. The SMILES string of the molecule is C=CC(=O)OCCc1ccc(CC(=O)O)cc1. The summed E-state index contributed by atoms with van der Waals surface area (Å²) in [5.74, 6) is -1.29. The minimum absolute atomic E-state index is 0.0196. The van der Waals surface area contributed by atoms with E-state index in [9.17, 15) is 9.59 Å². The molecule has 0 bridgehead atoms. The molecule has 1 aromatic rings. The number of carbonyl (C=O) groups is 2.